The molecule has 1 aromatic heterocycles. The zero-order valence-electron chi connectivity index (χ0n) is 13.7. The van der Waals surface area contributed by atoms with Crippen molar-refractivity contribution in [3.63, 3.8) is 0 Å². The Hall–Kier alpha value is -0.960. The molecule has 1 aromatic rings. The molecule has 1 fully saturated rings. The number of rotatable bonds is 4. The fraction of sp³-hybridized carbons (Fsp3) is 0.786. The van der Waals surface area contributed by atoms with Crippen molar-refractivity contribution in [1.29, 1.82) is 0 Å². The normalized spacial score (nSPS) is 24.6. The Bertz CT molecular complexity index is 612. The van der Waals surface area contributed by atoms with Gasteiger partial charge in [0, 0.05) is 32.8 Å². The number of aliphatic hydroxyl groups excluding tert-OH is 1. The van der Waals surface area contributed by atoms with Gasteiger partial charge in [0.1, 0.15) is 0 Å². The monoisotopic (exact) mass is 330 g/mol. The van der Waals surface area contributed by atoms with E-state index < -0.39 is 10.0 Å². The van der Waals surface area contributed by atoms with E-state index in [9.17, 15) is 13.5 Å². The maximum absolute atomic E-state index is 13.0. The molecule has 0 saturated carbocycles. The second-order valence-corrected chi connectivity index (χ2v) is 8.20. The molecular weight excluding hydrogens is 304 g/mol. The molecule has 1 aliphatic rings. The van der Waals surface area contributed by atoms with Crippen molar-refractivity contribution in [3.05, 3.63) is 11.8 Å². The van der Waals surface area contributed by atoms with Gasteiger partial charge in [0.25, 0.3) is 10.0 Å². The fourth-order valence-corrected chi connectivity index (χ4v) is 4.67. The van der Waals surface area contributed by atoms with E-state index in [0.717, 1.165) is 12.8 Å². The van der Waals surface area contributed by atoms with Gasteiger partial charge in [-0.3, -0.25) is 4.68 Å². The summed E-state index contributed by atoms with van der Waals surface area (Å²) in [7, 11) is 1.96. The van der Waals surface area contributed by atoms with E-state index in [-0.39, 0.29) is 23.6 Å². The lowest BCUT2D eigenvalue weighted by molar-refractivity contribution is 0.204. The molecule has 0 unspecified atom stereocenters. The number of hydrogen-bond acceptors (Lipinski definition) is 5. The number of aromatic nitrogens is 2. The lowest BCUT2D eigenvalue weighted by atomic mass is 10.0. The van der Waals surface area contributed by atoms with Crippen molar-refractivity contribution in [1.82, 2.24) is 19.0 Å². The Morgan fingerprint density at radius 1 is 1.36 bits per heavy atom. The zero-order valence-corrected chi connectivity index (χ0v) is 14.5. The molecular formula is C14H26N4O3S. The molecule has 1 N–H and O–H groups in total. The third kappa shape index (κ3) is 3.51. The zero-order chi connectivity index (χ0) is 16.5. The van der Waals surface area contributed by atoms with Crippen molar-refractivity contribution in [2.45, 2.75) is 30.8 Å². The van der Waals surface area contributed by atoms with E-state index >= 15 is 0 Å². The Morgan fingerprint density at radius 3 is 2.55 bits per heavy atom. The van der Waals surface area contributed by atoms with Crippen LogP contribution in [0.1, 0.15) is 18.5 Å². The van der Waals surface area contributed by atoms with Crippen LogP contribution in [0, 0.1) is 12.8 Å². The number of aliphatic hydroxyl groups is 1. The van der Waals surface area contributed by atoms with Crippen LogP contribution in [-0.2, 0) is 17.1 Å². The number of nitrogens with zero attached hydrogens (tertiary/aromatic N) is 4. The lowest BCUT2D eigenvalue weighted by Crippen LogP contribution is -2.43. The Labute approximate surface area is 132 Å². The molecule has 1 saturated heterocycles. The molecule has 0 aromatic carbocycles. The van der Waals surface area contributed by atoms with Gasteiger partial charge in [-0.25, -0.2) is 8.42 Å². The molecule has 2 rings (SSSR count). The number of sulfonamides is 1. The van der Waals surface area contributed by atoms with Gasteiger partial charge in [0.2, 0.25) is 0 Å². The highest BCUT2D eigenvalue weighted by Gasteiger charge is 2.34. The van der Waals surface area contributed by atoms with E-state index in [2.05, 4.69) is 10.00 Å². The molecule has 8 heteroatoms. The fourth-order valence-electron chi connectivity index (χ4n) is 2.94. The first-order chi connectivity index (χ1) is 10.3. The minimum Gasteiger partial charge on any atom is -0.396 e. The molecule has 0 aliphatic carbocycles. The van der Waals surface area contributed by atoms with Crippen LogP contribution in [-0.4, -0.2) is 72.3 Å². The van der Waals surface area contributed by atoms with Gasteiger partial charge in [-0.15, -0.1) is 0 Å². The first-order valence-corrected chi connectivity index (χ1v) is 8.97. The first kappa shape index (κ1) is 17.4. The molecule has 0 amide bonds. The van der Waals surface area contributed by atoms with E-state index in [4.69, 9.17) is 0 Å². The van der Waals surface area contributed by atoms with Crippen molar-refractivity contribution in [2.75, 3.05) is 33.8 Å². The summed E-state index contributed by atoms with van der Waals surface area (Å²) in [5.41, 5.74) is 0.679. The minimum absolute atomic E-state index is 0.0105. The third-order valence-electron chi connectivity index (χ3n) is 4.34. The summed E-state index contributed by atoms with van der Waals surface area (Å²) < 4.78 is 28.9. The molecule has 0 radical (unpaired) electrons. The molecule has 1 aliphatic heterocycles. The predicted octanol–water partition coefficient (Wildman–Crippen LogP) is 0.0517. The highest BCUT2D eigenvalue weighted by Crippen LogP contribution is 2.25. The highest BCUT2D eigenvalue weighted by molar-refractivity contribution is 7.89. The Morgan fingerprint density at radius 2 is 2.05 bits per heavy atom. The summed E-state index contributed by atoms with van der Waals surface area (Å²) in [6.07, 6.45) is 1.71. The van der Waals surface area contributed by atoms with E-state index in [1.807, 2.05) is 14.1 Å². The summed E-state index contributed by atoms with van der Waals surface area (Å²) in [6.45, 7) is 2.58. The molecule has 0 spiro atoms. The smallest absolute Gasteiger partial charge is 0.260 e. The van der Waals surface area contributed by atoms with Crippen LogP contribution >= 0.6 is 0 Å². The number of likely N-dealkylation sites (N-methyl/N-ethyl adjacent to an activating group) is 1. The SMILES string of the molecule is Cc1cc(S(=O)(=O)N2C[C@@H](CO)CC[C@@H](N(C)C)C2)n(C)n1. The number of hydrogen-bond donors (Lipinski definition) is 1. The molecule has 22 heavy (non-hydrogen) atoms. The van der Waals surface area contributed by atoms with Crippen LogP contribution in [0.25, 0.3) is 0 Å². The van der Waals surface area contributed by atoms with E-state index in [0.29, 0.717) is 18.8 Å². The maximum Gasteiger partial charge on any atom is 0.260 e. The van der Waals surface area contributed by atoms with Gasteiger partial charge in [-0.05, 0) is 45.8 Å². The summed E-state index contributed by atoms with van der Waals surface area (Å²) in [5, 5.41) is 13.9. The average Bonchev–Trinajstić information content (AvgIpc) is 2.67. The maximum atomic E-state index is 13.0. The summed E-state index contributed by atoms with van der Waals surface area (Å²) >= 11 is 0. The van der Waals surface area contributed by atoms with Crippen LogP contribution in [0.3, 0.4) is 0 Å². The van der Waals surface area contributed by atoms with Gasteiger partial charge >= 0.3 is 0 Å². The standard InChI is InChI=1S/C14H26N4O3S/c1-11-7-14(17(4)15-11)22(20,21)18-8-12(10-19)5-6-13(9-18)16(2)3/h7,12-13,19H,5-6,8-10H2,1-4H3/t12-,13+/m0/s1. The van der Waals surface area contributed by atoms with Crippen LogP contribution in [0.15, 0.2) is 11.1 Å². The second kappa shape index (κ2) is 6.66. The Kier molecular flexibility index (Phi) is 5.26. The molecule has 2 heterocycles. The summed E-state index contributed by atoms with van der Waals surface area (Å²) in [6, 6.07) is 1.75. The van der Waals surface area contributed by atoms with Crippen LogP contribution in [0.4, 0.5) is 0 Å². The van der Waals surface area contributed by atoms with Gasteiger partial charge < -0.3 is 10.0 Å². The van der Waals surface area contributed by atoms with Crippen molar-refractivity contribution >= 4 is 10.0 Å². The Balaban J connectivity index is 2.35. The third-order valence-corrected chi connectivity index (χ3v) is 6.22. The number of aryl methyl sites for hydroxylation is 2. The van der Waals surface area contributed by atoms with E-state index in [1.165, 1.54) is 8.99 Å². The molecule has 7 nitrogen and oxygen atoms in total. The lowest BCUT2D eigenvalue weighted by Gasteiger charge is -2.28. The van der Waals surface area contributed by atoms with Crippen molar-refractivity contribution < 1.29 is 13.5 Å². The topological polar surface area (TPSA) is 78.7 Å². The highest BCUT2D eigenvalue weighted by atomic mass is 32.2. The summed E-state index contributed by atoms with van der Waals surface area (Å²) in [5.74, 6) is -0.0194. The largest absolute Gasteiger partial charge is 0.396 e. The molecule has 126 valence electrons. The van der Waals surface area contributed by atoms with Gasteiger partial charge in [-0.2, -0.15) is 9.40 Å². The second-order valence-electron chi connectivity index (χ2n) is 6.31. The predicted molar refractivity (Wildman–Crippen MR) is 84.0 cm³/mol. The van der Waals surface area contributed by atoms with Gasteiger partial charge in [-0.1, -0.05) is 0 Å². The minimum atomic E-state index is -3.61. The van der Waals surface area contributed by atoms with Crippen molar-refractivity contribution in [3.8, 4) is 0 Å². The van der Waals surface area contributed by atoms with Gasteiger partial charge in [0.15, 0.2) is 5.03 Å². The van der Waals surface area contributed by atoms with Crippen LogP contribution < -0.4 is 0 Å². The summed E-state index contributed by atoms with van der Waals surface area (Å²) in [4.78, 5) is 2.05. The van der Waals surface area contributed by atoms with Crippen molar-refractivity contribution in [2.24, 2.45) is 13.0 Å². The average molecular weight is 330 g/mol. The first-order valence-electron chi connectivity index (χ1n) is 7.53. The quantitative estimate of drug-likeness (QED) is 0.844. The molecule has 2 atom stereocenters. The van der Waals surface area contributed by atoms with Crippen LogP contribution in [0.2, 0.25) is 0 Å². The van der Waals surface area contributed by atoms with Crippen LogP contribution in [0.5, 0.6) is 0 Å². The van der Waals surface area contributed by atoms with Gasteiger partial charge in [0.05, 0.1) is 5.69 Å². The van der Waals surface area contributed by atoms with E-state index in [1.54, 1.807) is 20.0 Å². The molecule has 0 bridgehead atoms.